The lowest BCUT2D eigenvalue weighted by molar-refractivity contribution is 0.190. The number of hydrogen-bond donors (Lipinski definition) is 0. The molecule has 0 amide bonds. The second-order valence-electron chi connectivity index (χ2n) is 4.47. The van der Waals surface area contributed by atoms with Crippen molar-refractivity contribution in [1.82, 2.24) is 4.90 Å². The molecule has 1 aliphatic rings. The van der Waals surface area contributed by atoms with Crippen LogP contribution in [0.15, 0.2) is 30.3 Å². The van der Waals surface area contributed by atoms with E-state index in [0.29, 0.717) is 12.5 Å². The molecular weight excluding hydrogens is 228 g/mol. The highest BCUT2D eigenvalue weighted by Crippen LogP contribution is 2.30. The Morgan fingerprint density at radius 2 is 2.24 bits per heavy atom. The lowest BCUT2D eigenvalue weighted by Gasteiger charge is -2.31. The van der Waals surface area contributed by atoms with Crippen molar-refractivity contribution in [3.63, 3.8) is 0 Å². The SMILES string of the molecule is CN(C1CCSC1)C(CC#N)c1ccccc1. The Balaban J connectivity index is 2.14. The normalized spacial score (nSPS) is 21.4. The standard InChI is InChI=1S/C14H18N2S/c1-16(13-8-10-17-11-13)14(7-9-15)12-5-3-2-4-6-12/h2-6,13-14H,7-8,10-11H2,1H3. The lowest BCUT2D eigenvalue weighted by Crippen LogP contribution is -2.35. The highest BCUT2D eigenvalue weighted by molar-refractivity contribution is 7.99. The van der Waals surface area contributed by atoms with Crippen molar-refractivity contribution in [3.8, 4) is 6.07 Å². The molecule has 0 aromatic heterocycles. The predicted octanol–water partition coefficient (Wildman–Crippen LogP) is 3.08. The Morgan fingerprint density at radius 3 is 2.82 bits per heavy atom. The van der Waals surface area contributed by atoms with E-state index in [2.05, 4.69) is 42.3 Å². The zero-order valence-corrected chi connectivity index (χ0v) is 11.0. The molecule has 1 saturated heterocycles. The highest BCUT2D eigenvalue weighted by atomic mass is 32.2. The summed E-state index contributed by atoms with van der Waals surface area (Å²) in [6.45, 7) is 0. The molecule has 2 unspecified atom stereocenters. The summed E-state index contributed by atoms with van der Waals surface area (Å²) in [5, 5.41) is 9.01. The largest absolute Gasteiger partial charge is 0.295 e. The average molecular weight is 246 g/mol. The Hall–Kier alpha value is -0.980. The highest BCUT2D eigenvalue weighted by Gasteiger charge is 2.26. The van der Waals surface area contributed by atoms with Crippen molar-refractivity contribution in [3.05, 3.63) is 35.9 Å². The summed E-state index contributed by atoms with van der Waals surface area (Å²) in [6.07, 6.45) is 1.82. The third kappa shape index (κ3) is 3.02. The van der Waals surface area contributed by atoms with Crippen LogP contribution in [0.5, 0.6) is 0 Å². The van der Waals surface area contributed by atoms with E-state index in [-0.39, 0.29) is 6.04 Å². The summed E-state index contributed by atoms with van der Waals surface area (Å²) in [7, 11) is 2.16. The van der Waals surface area contributed by atoms with E-state index in [4.69, 9.17) is 5.26 Å². The number of rotatable bonds is 4. The van der Waals surface area contributed by atoms with Crippen molar-refractivity contribution in [2.24, 2.45) is 0 Å². The third-order valence-electron chi connectivity index (χ3n) is 3.44. The smallest absolute Gasteiger partial charge is 0.0641 e. The summed E-state index contributed by atoms with van der Waals surface area (Å²) in [5.74, 6) is 2.45. The minimum atomic E-state index is 0.241. The molecule has 0 bridgehead atoms. The molecule has 17 heavy (non-hydrogen) atoms. The van der Waals surface area contributed by atoms with Crippen LogP contribution in [-0.4, -0.2) is 29.5 Å². The van der Waals surface area contributed by atoms with Crippen LogP contribution in [0.3, 0.4) is 0 Å². The molecule has 2 atom stereocenters. The first-order chi connectivity index (χ1) is 8.33. The van der Waals surface area contributed by atoms with Gasteiger partial charge in [-0.05, 0) is 24.8 Å². The molecule has 0 N–H and O–H groups in total. The van der Waals surface area contributed by atoms with Gasteiger partial charge in [-0.25, -0.2) is 0 Å². The fourth-order valence-electron chi connectivity index (χ4n) is 2.36. The average Bonchev–Trinajstić information content (AvgIpc) is 2.90. The lowest BCUT2D eigenvalue weighted by atomic mass is 10.0. The number of hydrogen-bond acceptors (Lipinski definition) is 3. The molecule has 0 radical (unpaired) electrons. The van der Waals surface area contributed by atoms with Gasteiger partial charge in [0, 0.05) is 17.8 Å². The van der Waals surface area contributed by atoms with Gasteiger partial charge in [-0.2, -0.15) is 17.0 Å². The fraction of sp³-hybridized carbons (Fsp3) is 0.500. The monoisotopic (exact) mass is 246 g/mol. The van der Waals surface area contributed by atoms with E-state index in [1.54, 1.807) is 0 Å². The third-order valence-corrected chi connectivity index (χ3v) is 4.59. The van der Waals surface area contributed by atoms with Crippen molar-refractivity contribution in [1.29, 1.82) is 5.26 Å². The van der Waals surface area contributed by atoms with Gasteiger partial charge in [-0.1, -0.05) is 30.3 Å². The summed E-state index contributed by atoms with van der Waals surface area (Å²) in [4.78, 5) is 2.39. The molecule has 2 rings (SSSR count). The number of nitrogens with zero attached hydrogens (tertiary/aromatic N) is 2. The van der Waals surface area contributed by atoms with Crippen LogP contribution in [0, 0.1) is 11.3 Å². The van der Waals surface area contributed by atoms with Gasteiger partial charge >= 0.3 is 0 Å². The van der Waals surface area contributed by atoms with Gasteiger partial charge < -0.3 is 0 Å². The Morgan fingerprint density at radius 1 is 1.47 bits per heavy atom. The van der Waals surface area contributed by atoms with Gasteiger partial charge in [0.25, 0.3) is 0 Å². The maximum absolute atomic E-state index is 9.01. The molecule has 0 spiro atoms. The number of thioether (sulfide) groups is 1. The molecule has 1 fully saturated rings. The topological polar surface area (TPSA) is 27.0 Å². The second kappa shape index (κ2) is 6.09. The van der Waals surface area contributed by atoms with Gasteiger partial charge in [0.05, 0.1) is 12.5 Å². The molecule has 3 heteroatoms. The van der Waals surface area contributed by atoms with Gasteiger partial charge in [0.1, 0.15) is 0 Å². The van der Waals surface area contributed by atoms with Crippen LogP contribution in [0.4, 0.5) is 0 Å². The number of benzene rings is 1. The molecule has 0 aliphatic carbocycles. The quantitative estimate of drug-likeness (QED) is 0.817. The van der Waals surface area contributed by atoms with E-state index >= 15 is 0 Å². The van der Waals surface area contributed by atoms with E-state index < -0.39 is 0 Å². The first-order valence-electron chi connectivity index (χ1n) is 6.04. The second-order valence-corrected chi connectivity index (χ2v) is 5.62. The van der Waals surface area contributed by atoms with Crippen molar-refractivity contribution >= 4 is 11.8 Å². The van der Waals surface area contributed by atoms with E-state index in [1.807, 2.05) is 17.8 Å². The minimum Gasteiger partial charge on any atom is -0.295 e. The minimum absolute atomic E-state index is 0.241. The zero-order chi connectivity index (χ0) is 12.1. The molecule has 1 aromatic carbocycles. The molecular formula is C14H18N2S. The summed E-state index contributed by atoms with van der Waals surface area (Å²) >= 11 is 2.02. The summed E-state index contributed by atoms with van der Waals surface area (Å²) in [6, 6.07) is 13.6. The molecule has 90 valence electrons. The van der Waals surface area contributed by atoms with Gasteiger partial charge in [-0.15, -0.1) is 0 Å². The maximum Gasteiger partial charge on any atom is 0.0641 e. The maximum atomic E-state index is 9.01. The van der Waals surface area contributed by atoms with Crippen molar-refractivity contribution in [2.45, 2.75) is 24.9 Å². The van der Waals surface area contributed by atoms with E-state index in [1.165, 1.54) is 23.5 Å². The molecule has 0 saturated carbocycles. The van der Waals surface area contributed by atoms with Crippen LogP contribution >= 0.6 is 11.8 Å². The van der Waals surface area contributed by atoms with Crippen LogP contribution in [0.2, 0.25) is 0 Å². The molecule has 1 aromatic rings. The molecule has 1 heterocycles. The first-order valence-corrected chi connectivity index (χ1v) is 7.20. The van der Waals surface area contributed by atoms with Gasteiger partial charge in [0.15, 0.2) is 0 Å². The summed E-state index contributed by atoms with van der Waals surface area (Å²) in [5.41, 5.74) is 1.26. The van der Waals surface area contributed by atoms with Gasteiger partial charge in [0.2, 0.25) is 0 Å². The van der Waals surface area contributed by atoms with Crippen LogP contribution in [0.1, 0.15) is 24.4 Å². The fourth-order valence-corrected chi connectivity index (χ4v) is 3.64. The predicted molar refractivity (Wildman–Crippen MR) is 72.9 cm³/mol. The Kier molecular flexibility index (Phi) is 4.47. The van der Waals surface area contributed by atoms with Gasteiger partial charge in [-0.3, -0.25) is 4.90 Å². The van der Waals surface area contributed by atoms with Crippen molar-refractivity contribution in [2.75, 3.05) is 18.6 Å². The summed E-state index contributed by atoms with van der Waals surface area (Å²) < 4.78 is 0. The zero-order valence-electron chi connectivity index (χ0n) is 10.2. The van der Waals surface area contributed by atoms with Crippen LogP contribution in [0.25, 0.3) is 0 Å². The molecule has 1 aliphatic heterocycles. The van der Waals surface area contributed by atoms with E-state index in [9.17, 15) is 0 Å². The Labute approximate surface area is 108 Å². The van der Waals surface area contributed by atoms with Crippen LogP contribution in [-0.2, 0) is 0 Å². The van der Waals surface area contributed by atoms with E-state index in [0.717, 1.165) is 0 Å². The first kappa shape index (κ1) is 12.5. The number of nitriles is 1. The van der Waals surface area contributed by atoms with Crippen LogP contribution < -0.4 is 0 Å². The molecule has 2 nitrogen and oxygen atoms in total. The van der Waals surface area contributed by atoms with Crippen molar-refractivity contribution < 1.29 is 0 Å². The Bertz CT molecular complexity index is 379.